The van der Waals surface area contributed by atoms with Crippen LogP contribution in [0.1, 0.15) is 18.1 Å². The number of nitrogens with one attached hydrogen (secondary N) is 2. The lowest BCUT2D eigenvalue weighted by Crippen LogP contribution is -2.23. The molecule has 0 radical (unpaired) electrons. The second-order valence-corrected chi connectivity index (χ2v) is 7.86. The van der Waals surface area contributed by atoms with Gasteiger partial charge in [0.15, 0.2) is 0 Å². The minimum atomic E-state index is -0.977. The molecule has 30 heavy (non-hydrogen) atoms. The van der Waals surface area contributed by atoms with Crippen LogP contribution in [0.2, 0.25) is 0 Å². The highest BCUT2D eigenvalue weighted by molar-refractivity contribution is 6.29. The Balaban J connectivity index is 2.53. The Morgan fingerprint density at radius 3 is 1.67 bits per heavy atom. The number of benzene rings is 2. The van der Waals surface area contributed by atoms with Crippen LogP contribution >= 0.6 is 23.2 Å². The van der Waals surface area contributed by atoms with Gasteiger partial charge in [-0.15, -0.1) is 11.6 Å². The molecule has 0 bridgehead atoms. The number of hydrogen-bond donors (Lipinski definition) is 4. The van der Waals surface area contributed by atoms with E-state index in [9.17, 15) is 0 Å². The quantitative estimate of drug-likeness (QED) is 0.281. The Morgan fingerprint density at radius 1 is 0.900 bits per heavy atom. The third-order valence-electron chi connectivity index (χ3n) is 4.56. The number of aliphatic hydroxyl groups is 2. The molecule has 0 aromatic heterocycles. The van der Waals surface area contributed by atoms with Crippen LogP contribution in [0.3, 0.4) is 0 Å². The van der Waals surface area contributed by atoms with Crippen LogP contribution in [0.5, 0.6) is 0 Å². The lowest BCUT2D eigenvalue weighted by Gasteiger charge is -2.30. The summed E-state index contributed by atoms with van der Waals surface area (Å²) in [5.41, 5.74) is 4.34. The minimum Gasteiger partial charge on any atom is -0.395 e. The van der Waals surface area contributed by atoms with Crippen LogP contribution in [0.15, 0.2) is 83.9 Å². The standard InChI is InChI=1S/C24H28Cl2N2O2/c1-3-19(5-4-18(2)25)24(26,20-6-10-22(11-7-20)27-14-16-29)21-8-12-23(13-9-21)28-15-17-30/h3-13,27-30H,1,14-17H2,2H3. The normalized spacial score (nSPS) is 12.6. The molecule has 4 N–H and O–H groups in total. The van der Waals surface area contributed by atoms with E-state index in [4.69, 9.17) is 33.4 Å². The summed E-state index contributed by atoms with van der Waals surface area (Å²) in [6, 6.07) is 15.6. The SMILES string of the molecule is C=CC(=CC=C(C)Cl)C(Cl)(c1ccc(NCCO)cc1)c1ccc(NCCO)cc1. The molecular weight excluding hydrogens is 419 g/mol. The van der Waals surface area contributed by atoms with Crippen LogP contribution in [-0.2, 0) is 4.87 Å². The maximum Gasteiger partial charge on any atom is 0.119 e. The Bertz CT molecular complexity index is 820. The summed E-state index contributed by atoms with van der Waals surface area (Å²) in [5.74, 6) is 0. The van der Waals surface area contributed by atoms with E-state index in [1.54, 1.807) is 19.1 Å². The first kappa shape index (κ1) is 24.0. The largest absolute Gasteiger partial charge is 0.395 e. The summed E-state index contributed by atoms with van der Waals surface area (Å²) < 4.78 is 0. The fourth-order valence-corrected chi connectivity index (χ4v) is 3.52. The zero-order valence-electron chi connectivity index (χ0n) is 17.0. The first-order valence-corrected chi connectivity index (χ1v) is 10.5. The highest BCUT2D eigenvalue weighted by atomic mass is 35.5. The van der Waals surface area contributed by atoms with Gasteiger partial charge in [-0.3, -0.25) is 0 Å². The average Bonchev–Trinajstić information content (AvgIpc) is 2.77. The minimum absolute atomic E-state index is 0.0608. The number of anilines is 2. The molecule has 0 aliphatic heterocycles. The van der Waals surface area contributed by atoms with Gasteiger partial charge in [-0.25, -0.2) is 0 Å². The summed E-state index contributed by atoms with van der Waals surface area (Å²) in [4.78, 5) is -0.977. The molecule has 4 nitrogen and oxygen atoms in total. The van der Waals surface area contributed by atoms with Crippen LogP contribution in [0.4, 0.5) is 11.4 Å². The summed E-state index contributed by atoms with van der Waals surface area (Å²) in [7, 11) is 0. The van der Waals surface area contributed by atoms with E-state index in [2.05, 4.69) is 17.2 Å². The maximum absolute atomic E-state index is 9.01. The molecule has 0 spiro atoms. The van der Waals surface area contributed by atoms with Gasteiger partial charge in [0.25, 0.3) is 0 Å². The van der Waals surface area contributed by atoms with Crippen molar-refractivity contribution in [1.29, 1.82) is 0 Å². The zero-order valence-corrected chi connectivity index (χ0v) is 18.5. The van der Waals surface area contributed by atoms with Crippen molar-refractivity contribution in [2.45, 2.75) is 11.8 Å². The van der Waals surface area contributed by atoms with Gasteiger partial charge in [0.05, 0.1) is 13.2 Å². The van der Waals surface area contributed by atoms with E-state index in [1.807, 2.05) is 54.6 Å². The molecule has 2 aromatic carbocycles. The summed E-state index contributed by atoms with van der Waals surface area (Å²) in [6.45, 7) is 6.85. The van der Waals surface area contributed by atoms with E-state index < -0.39 is 4.87 Å². The van der Waals surface area contributed by atoms with E-state index >= 15 is 0 Å². The van der Waals surface area contributed by atoms with Crippen LogP contribution in [-0.4, -0.2) is 36.5 Å². The predicted molar refractivity (Wildman–Crippen MR) is 129 cm³/mol. The zero-order chi connectivity index (χ0) is 22.0. The van der Waals surface area contributed by atoms with Crippen molar-refractivity contribution >= 4 is 34.6 Å². The molecule has 2 aromatic rings. The molecule has 0 atom stereocenters. The summed E-state index contributed by atoms with van der Waals surface area (Å²) in [5, 5.41) is 24.9. The Hall–Kier alpha value is -2.24. The molecule has 6 heteroatoms. The molecule has 2 rings (SSSR count). The number of allylic oxidation sites excluding steroid dienone is 5. The van der Waals surface area contributed by atoms with Crippen molar-refractivity contribution in [1.82, 2.24) is 0 Å². The van der Waals surface area contributed by atoms with E-state index in [1.165, 1.54) is 0 Å². The van der Waals surface area contributed by atoms with Crippen molar-refractivity contribution < 1.29 is 10.2 Å². The number of hydrogen-bond acceptors (Lipinski definition) is 4. The molecule has 0 saturated carbocycles. The smallest absolute Gasteiger partial charge is 0.119 e. The van der Waals surface area contributed by atoms with Crippen LogP contribution in [0, 0.1) is 0 Å². The van der Waals surface area contributed by atoms with E-state index in [0.717, 1.165) is 28.1 Å². The highest BCUT2D eigenvalue weighted by Gasteiger charge is 2.34. The summed E-state index contributed by atoms with van der Waals surface area (Å²) >= 11 is 13.4. The lowest BCUT2D eigenvalue weighted by atomic mass is 9.83. The first-order chi connectivity index (χ1) is 14.4. The average molecular weight is 447 g/mol. The number of aliphatic hydroxyl groups excluding tert-OH is 2. The number of halogens is 2. The summed E-state index contributed by atoms with van der Waals surface area (Å²) in [6.07, 6.45) is 5.40. The van der Waals surface area contributed by atoms with Gasteiger partial charge in [0, 0.05) is 29.5 Å². The van der Waals surface area contributed by atoms with Crippen LogP contribution < -0.4 is 10.6 Å². The predicted octanol–water partition coefficient (Wildman–Crippen LogP) is 5.23. The second kappa shape index (κ2) is 11.8. The van der Waals surface area contributed by atoms with Crippen molar-refractivity contribution in [3.63, 3.8) is 0 Å². The molecule has 0 unspecified atom stereocenters. The monoisotopic (exact) mass is 446 g/mol. The van der Waals surface area contributed by atoms with Crippen molar-refractivity contribution in [3.05, 3.63) is 95.1 Å². The maximum atomic E-state index is 9.01. The van der Waals surface area contributed by atoms with E-state index in [0.29, 0.717) is 18.1 Å². The molecule has 160 valence electrons. The highest BCUT2D eigenvalue weighted by Crippen LogP contribution is 2.44. The second-order valence-electron chi connectivity index (χ2n) is 6.69. The molecule has 0 aliphatic rings. The van der Waals surface area contributed by atoms with E-state index in [-0.39, 0.29) is 13.2 Å². The Kier molecular flexibility index (Phi) is 9.47. The van der Waals surface area contributed by atoms with Gasteiger partial charge in [-0.1, -0.05) is 54.6 Å². The molecular formula is C24H28Cl2N2O2. The first-order valence-electron chi connectivity index (χ1n) is 9.72. The lowest BCUT2D eigenvalue weighted by molar-refractivity contribution is 0.311. The van der Waals surface area contributed by atoms with Crippen molar-refractivity contribution in [3.8, 4) is 0 Å². The molecule has 0 heterocycles. The molecule has 0 saturated heterocycles. The van der Waals surface area contributed by atoms with Crippen molar-refractivity contribution in [2.24, 2.45) is 0 Å². The van der Waals surface area contributed by atoms with Gasteiger partial charge < -0.3 is 20.8 Å². The molecule has 0 aliphatic carbocycles. The van der Waals surface area contributed by atoms with Gasteiger partial charge in [-0.2, -0.15) is 0 Å². The van der Waals surface area contributed by atoms with Crippen molar-refractivity contribution in [2.75, 3.05) is 36.9 Å². The molecule has 0 fully saturated rings. The Labute approximate surface area is 188 Å². The fourth-order valence-electron chi connectivity index (χ4n) is 3.06. The fraction of sp³-hybridized carbons (Fsp3) is 0.250. The van der Waals surface area contributed by atoms with Crippen LogP contribution in [0.25, 0.3) is 0 Å². The van der Waals surface area contributed by atoms with Gasteiger partial charge >= 0.3 is 0 Å². The molecule has 0 amide bonds. The third-order valence-corrected chi connectivity index (χ3v) is 5.34. The van der Waals surface area contributed by atoms with Gasteiger partial charge in [0.2, 0.25) is 0 Å². The Morgan fingerprint density at radius 2 is 1.33 bits per heavy atom. The number of rotatable bonds is 11. The number of alkyl halides is 1. The topological polar surface area (TPSA) is 64.5 Å². The van der Waals surface area contributed by atoms with Gasteiger partial charge in [-0.05, 0) is 54.0 Å². The third kappa shape index (κ3) is 6.13. The van der Waals surface area contributed by atoms with Gasteiger partial charge in [0.1, 0.15) is 4.87 Å².